The average molecular weight is 345 g/mol. The summed E-state index contributed by atoms with van der Waals surface area (Å²) in [6.45, 7) is 4.72. The van der Waals surface area contributed by atoms with Crippen molar-refractivity contribution in [2.75, 3.05) is 5.32 Å². The van der Waals surface area contributed by atoms with Gasteiger partial charge in [0.1, 0.15) is 12.4 Å². The fourth-order valence-corrected chi connectivity index (χ4v) is 2.67. The van der Waals surface area contributed by atoms with E-state index >= 15 is 0 Å². The van der Waals surface area contributed by atoms with Crippen LogP contribution in [0.4, 0.5) is 5.69 Å². The SMILES string of the molecule is CC(C)c1ccc(NC(=O)c2ccccc2OCc2ccccc2)cc1. The summed E-state index contributed by atoms with van der Waals surface area (Å²) in [6.07, 6.45) is 0. The van der Waals surface area contributed by atoms with E-state index in [4.69, 9.17) is 4.74 Å². The molecule has 0 spiro atoms. The van der Waals surface area contributed by atoms with Gasteiger partial charge < -0.3 is 10.1 Å². The molecule has 3 rings (SSSR count). The lowest BCUT2D eigenvalue weighted by molar-refractivity contribution is 0.102. The molecule has 0 atom stereocenters. The molecule has 0 heterocycles. The normalized spacial score (nSPS) is 10.6. The summed E-state index contributed by atoms with van der Waals surface area (Å²) in [7, 11) is 0. The van der Waals surface area contributed by atoms with Crippen LogP contribution >= 0.6 is 0 Å². The first-order chi connectivity index (χ1) is 12.6. The Labute approximate surface area is 154 Å². The van der Waals surface area contributed by atoms with Gasteiger partial charge in [0.05, 0.1) is 5.56 Å². The number of ether oxygens (including phenoxy) is 1. The van der Waals surface area contributed by atoms with Crippen LogP contribution in [0, 0.1) is 0 Å². The van der Waals surface area contributed by atoms with Crippen LogP contribution in [0.15, 0.2) is 78.9 Å². The zero-order valence-corrected chi connectivity index (χ0v) is 15.1. The first-order valence-corrected chi connectivity index (χ1v) is 8.80. The molecule has 3 heteroatoms. The van der Waals surface area contributed by atoms with Crippen molar-refractivity contribution < 1.29 is 9.53 Å². The summed E-state index contributed by atoms with van der Waals surface area (Å²) in [6, 6.07) is 25.2. The first kappa shape index (κ1) is 17.7. The molecular weight excluding hydrogens is 322 g/mol. The molecule has 3 aromatic rings. The van der Waals surface area contributed by atoms with Gasteiger partial charge in [0.15, 0.2) is 0 Å². The molecule has 0 saturated carbocycles. The number of carbonyl (C=O) groups is 1. The summed E-state index contributed by atoms with van der Waals surface area (Å²) in [5.41, 5.74) is 3.61. The van der Waals surface area contributed by atoms with Gasteiger partial charge in [0.25, 0.3) is 5.91 Å². The predicted molar refractivity (Wildman–Crippen MR) is 106 cm³/mol. The Bertz CT molecular complexity index is 855. The summed E-state index contributed by atoms with van der Waals surface area (Å²) < 4.78 is 5.87. The van der Waals surface area contributed by atoms with Gasteiger partial charge >= 0.3 is 0 Å². The van der Waals surface area contributed by atoms with E-state index in [9.17, 15) is 4.79 Å². The van der Waals surface area contributed by atoms with E-state index in [1.807, 2.05) is 72.8 Å². The highest BCUT2D eigenvalue weighted by Gasteiger charge is 2.12. The highest BCUT2D eigenvalue weighted by atomic mass is 16.5. The summed E-state index contributed by atoms with van der Waals surface area (Å²) >= 11 is 0. The fourth-order valence-electron chi connectivity index (χ4n) is 2.67. The number of amides is 1. The van der Waals surface area contributed by atoms with Crippen LogP contribution in [0.25, 0.3) is 0 Å². The fraction of sp³-hybridized carbons (Fsp3) is 0.174. The molecule has 0 radical (unpaired) electrons. The zero-order valence-electron chi connectivity index (χ0n) is 15.1. The van der Waals surface area contributed by atoms with Gasteiger partial charge in [-0.05, 0) is 41.3 Å². The number of carbonyl (C=O) groups excluding carboxylic acids is 1. The van der Waals surface area contributed by atoms with E-state index in [1.165, 1.54) is 5.56 Å². The summed E-state index contributed by atoms with van der Waals surface area (Å²) in [5.74, 6) is 0.866. The lowest BCUT2D eigenvalue weighted by Gasteiger charge is -2.12. The van der Waals surface area contributed by atoms with E-state index in [0.29, 0.717) is 23.8 Å². The number of hydrogen-bond acceptors (Lipinski definition) is 2. The third-order valence-electron chi connectivity index (χ3n) is 4.20. The minimum atomic E-state index is -0.175. The number of hydrogen-bond donors (Lipinski definition) is 1. The molecule has 0 aliphatic carbocycles. The second kappa shape index (κ2) is 8.34. The summed E-state index contributed by atoms with van der Waals surface area (Å²) in [4.78, 5) is 12.7. The molecule has 132 valence electrons. The number of nitrogens with one attached hydrogen (secondary N) is 1. The van der Waals surface area contributed by atoms with Crippen molar-refractivity contribution in [3.05, 3.63) is 95.6 Å². The van der Waals surface area contributed by atoms with Gasteiger partial charge in [-0.2, -0.15) is 0 Å². The van der Waals surface area contributed by atoms with E-state index in [0.717, 1.165) is 11.3 Å². The van der Waals surface area contributed by atoms with Gasteiger partial charge in [-0.3, -0.25) is 4.79 Å². The van der Waals surface area contributed by atoms with Gasteiger partial charge in [0.2, 0.25) is 0 Å². The maximum atomic E-state index is 12.7. The second-order valence-corrected chi connectivity index (χ2v) is 6.50. The Morgan fingerprint density at radius 1 is 0.885 bits per heavy atom. The van der Waals surface area contributed by atoms with Crippen molar-refractivity contribution >= 4 is 11.6 Å². The molecular formula is C23H23NO2. The zero-order chi connectivity index (χ0) is 18.4. The van der Waals surface area contributed by atoms with Crippen molar-refractivity contribution in [1.82, 2.24) is 0 Å². The maximum Gasteiger partial charge on any atom is 0.259 e. The monoisotopic (exact) mass is 345 g/mol. The molecule has 26 heavy (non-hydrogen) atoms. The van der Waals surface area contributed by atoms with Crippen molar-refractivity contribution in [3.8, 4) is 5.75 Å². The molecule has 1 N–H and O–H groups in total. The van der Waals surface area contributed by atoms with Crippen LogP contribution in [0.1, 0.15) is 41.3 Å². The molecule has 1 amide bonds. The molecule has 0 aliphatic rings. The van der Waals surface area contributed by atoms with Crippen LogP contribution in [0.5, 0.6) is 5.75 Å². The predicted octanol–water partition coefficient (Wildman–Crippen LogP) is 5.64. The van der Waals surface area contributed by atoms with Crippen LogP contribution in [-0.4, -0.2) is 5.91 Å². The smallest absolute Gasteiger partial charge is 0.259 e. The molecule has 0 saturated heterocycles. The van der Waals surface area contributed by atoms with E-state index in [1.54, 1.807) is 6.07 Å². The highest BCUT2D eigenvalue weighted by Crippen LogP contribution is 2.22. The Hall–Kier alpha value is -3.07. The number of para-hydroxylation sites is 1. The van der Waals surface area contributed by atoms with Crippen LogP contribution in [0.2, 0.25) is 0 Å². The van der Waals surface area contributed by atoms with Gasteiger partial charge in [-0.25, -0.2) is 0 Å². The molecule has 0 aromatic heterocycles. The van der Waals surface area contributed by atoms with Crippen LogP contribution in [0.3, 0.4) is 0 Å². The first-order valence-electron chi connectivity index (χ1n) is 8.80. The van der Waals surface area contributed by atoms with E-state index in [-0.39, 0.29) is 5.91 Å². The van der Waals surface area contributed by atoms with Crippen LogP contribution < -0.4 is 10.1 Å². The lowest BCUT2D eigenvalue weighted by Crippen LogP contribution is -2.13. The van der Waals surface area contributed by atoms with Crippen molar-refractivity contribution in [2.45, 2.75) is 26.4 Å². The number of rotatable bonds is 6. The largest absolute Gasteiger partial charge is 0.488 e. The maximum absolute atomic E-state index is 12.7. The average Bonchev–Trinajstić information content (AvgIpc) is 2.68. The van der Waals surface area contributed by atoms with Gasteiger partial charge in [-0.15, -0.1) is 0 Å². The molecule has 0 bridgehead atoms. The van der Waals surface area contributed by atoms with Crippen molar-refractivity contribution in [2.24, 2.45) is 0 Å². The summed E-state index contributed by atoms with van der Waals surface area (Å²) in [5, 5.41) is 2.94. The standard InChI is InChI=1S/C23H23NO2/c1-17(2)19-12-14-20(15-13-19)24-23(25)21-10-6-7-11-22(21)26-16-18-8-4-3-5-9-18/h3-15,17H,16H2,1-2H3,(H,24,25). The quantitative estimate of drug-likeness (QED) is 0.628. The minimum Gasteiger partial charge on any atom is -0.488 e. The van der Waals surface area contributed by atoms with E-state index in [2.05, 4.69) is 19.2 Å². The Balaban J connectivity index is 1.71. The second-order valence-electron chi connectivity index (χ2n) is 6.50. The van der Waals surface area contributed by atoms with Gasteiger partial charge in [-0.1, -0.05) is 68.4 Å². The third-order valence-corrected chi connectivity index (χ3v) is 4.20. The lowest BCUT2D eigenvalue weighted by atomic mass is 10.0. The van der Waals surface area contributed by atoms with Crippen LogP contribution in [-0.2, 0) is 6.61 Å². The van der Waals surface area contributed by atoms with Crippen molar-refractivity contribution in [1.29, 1.82) is 0 Å². The number of anilines is 1. The molecule has 0 unspecified atom stereocenters. The Morgan fingerprint density at radius 3 is 2.23 bits per heavy atom. The number of benzene rings is 3. The Kier molecular flexibility index (Phi) is 5.69. The van der Waals surface area contributed by atoms with Crippen molar-refractivity contribution in [3.63, 3.8) is 0 Å². The topological polar surface area (TPSA) is 38.3 Å². The molecule has 0 fully saturated rings. The molecule has 3 nitrogen and oxygen atoms in total. The third kappa shape index (κ3) is 4.51. The van der Waals surface area contributed by atoms with E-state index < -0.39 is 0 Å². The molecule has 3 aromatic carbocycles. The van der Waals surface area contributed by atoms with Gasteiger partial charge in [0, 0.05) is 5.69 Å². The molecule has 0 aliphatic heterocycles. The highest BCUT2D eigenvalue weighted by molar-refractivity contribution is 6.06. The Morgan fingerprint density at radius 2 is 1.54 bits per heavy atom. The minimum absolute atomic E-state index is 0.175.